The smallest absolute Gasteiger partial charge is 0.335 e. The molecule has 0 aliphatic rings. The van der Waals surface area contributed by atoms with Gasteiger partial charge in [0, 0.05) is 0 Å². The van der Waals surface area contributed by atoms with Crippen LogP contribution in [0.25, 0.3) is 0 Å². The van der Waals surface area contributed by atoms with E-state index in [2.05, 4.69) is 0 Å². The molecule has 0 aromatic carbocycles. The van der Waals surface area contributed by atoms with Gasteiger partial charge in [-0.25, -0.2) is 0 Å². The molecule has 0 unspecified atom stereocenters. The quantitative estimate of drug-likeness (QED) is 0.709. The second-order valence-corrected chi connectivity index (χ2v) is 2.71. The fourth-order valence-electron chi connectivity index (χ4n) is 0.522. The lowest BCUT2D eigenvalue weighted by molar-refractivity contribution is -0.455. The summed E-state index contributed by atoms with van der Waals surface area (Å²) in [6.45, 7) is -0.688. The SMILES string of the molecule is CC(C(O)(F)F)(C(O)(F)F)C(F)(F)F. The van der Waals surface area contributed by atoms with E-state index in [4.69, 9.17) is 10.2 Å². The zero-order valence-electron chi connectivity index (χ0n) is 6.54. The van der Waals surface area contributed by atoms with E-state index in [0.717, 1.165) is 0 Å². The first kappa shape index (κ1) is 13.4. The number of aliphatic hydroxyl groups is 2. The van der Waals surface area contributed by atoms with Gasteiger partial charge in [0.05, 0.1) is 0 Å². The fraction of sp³-hybridized carbons (Fsp3) is 1.00. The maximum absolute atomic E-state index is 12.0. The summed E-state index contributed by atoms with van der Waals surface area (Å²) in [7, 11) is 0. The highest BCUT2D eigenvalue weighted by Gasteiger charge is 2.78. The molecule has 0 amide bonds. The molecule has 0 heterocycles. The Balaban J connectivity index is 5.54. The molecule has 2 N–H and O–H groups in total. The lowest BCUT2D eigenvalue weighted by atomic mass is 9.86. The van der Waals surface area contributed by atoms with Crippen molar-refractivity contribution in [2.24, 2.45) is 5.41 Å². The number of rotatable bonds is 2. The van der Waals surface area contributed by atoms with E-state index < -0.39 is 30.7 Å². The second-order valence-electron chi connectivity index (χ2n) is 2.71. The minimum absolute atomic E-state index is 0.688. The van der Waals surface area contributed by atoms with Crippen LogP contribution >= 0.6 is 0 Å². The Morgan fingerprint density at radius 3 is 0.929 bits per heavy atom. The van der Waals surface area contributed by atoms with Crippen molar-refractivity contribution in [1.29, 1.82) is 0 Å². The van der Waals surface area contributed by atoms with Crippen molar-refractivity contribution in [2.75, 3.05) is 0 Å². The van der Waals surface area contributed by atoms with E-state index in [0.29, 0.717) is 0 Å². The molecule has 0 saturated heterocycles. The van der Waals surface area contributed by atoms with Crippen molar-refractivity contribution in [3.05, 3.63) is 0 Å². The standard InChI is InChI=1S/C5H5F7O2/c1-2(3(6,7)8,4(9,10)13)5(11,12)14/h13-14H,1H3. The summed E-state index contributed by atoms with van der Waals surface area (Å²) in [6.07, 6.45) is -17.8. The molecule has 0 rings (SSSR count). The molecule has 0 aromatic rings. The Morgan fingerprint density at radius 2 is 0.929 bits per heavy atom. The fourth-order valence-corrected chi connectivity index (χ4v) is 0.522. The van der Waals surface area contributed by atoms with E-state index in [1.165, 1.54) is 0 Å². The first-order chi connectivity index (χ1) is 5.75. The van der Waals surface area contributed by atoms with Crippen LogP contribution in [0.5, 0.6) is 0 Å². The Morgan fingerprint density at radius 1 is 0.714 bits per heavy atom. The number of halogens is 7. The third kappa shape index (κ3) is 1.78. The van der Waals surface area contributed by atoms with Crippen LogP contribution in [0.4, 0.5) is 30.7 Å². The van der Waals surface area contributed by atoms with Crippen molar-refractivity contribution in [2.45, 2.75) is 25.3 Å². The van der Waals surface area contributed by atoms with Crippen LogP contribution in [0.15, 0.2) is 0 Å². The maximum Gasteiger partial charge on any atom is 0.411 e. The van der Waals surface area contributed by atoms with Gasteiger partial charge >= 0.3 is 18.4 Å². The molecule has 0 aliphatic heterocycles. The molecule has 0 aromatic heterocycles. The molecule has 0 saturated carbocycles. The number of alkyl halides is 7. The second kappa shape index (κ2) is 2.96. The Kier molecular flexibility index (Phi) is 2.84. The molecule has 9 heteroatoms. The molecule has 0 radical (unpaired) electrons. The van der Waals surface area contributed by atoms with Crippen LogP contribution in [0.3, 0.4) is 0 Å². The first-order valence-electron chi connectivity index (χ1n) is 3.02. The van der Waals surface area contributed by atoms with Crippen LogP contribution in [0.1, 0.15) is 6.92 Å². The van der Waals surface area contributed by atoms with Gasteiger partial charge in [0.25, 0.3) is 0 Å². The number of hydrogen-bond donors (Lipinski definition) is 2. The van der Waals surface area contributed by atoms with Gasteiger partial charge in [-0.3, -0.25) is 0 Å². The topological polar surface area (TPSA) is 40.5 Å². The summed E-state index contributed by atoms with van der Waals surface area (Å²) < 4.78 is 83.3. The summed E-state index contributed by atoms with van der Waals surface area (Å²) >= 11 is 0. The van der Waals surface area contributed by atoms with Gasteiger partial charge in [0.2, 0.25) is 5.41 Å². The first-order valence-corrected chi connectivity index (χ1v) is 3.02. The molecule has 14 heavy (non-hydrogen) atoms. The van der Waals surface area contributed by atoms with Crippen LogP contribution in [-0.4, -0.2) is 28.6 Å². The highest BCUT2D eigenvalue weighted by Crippen LogP contribution is 2.55. The highest BCUT2D eigenvalue weighted by molar-refractivity contribution is 4.94. The third-order valence-corrected chi connectivity index (χ3v) is 1.77. The predicted octanol–water partition coefficient (Wildman–Crippen LogP) is 1.73. The van der Waals surface area contributed by atoms with Gasteiger partial charge < -0.3 is 10.2 Å². The molecule has 0 aliphatic carbocycles. The van der Waals surface area contributed by atoms with Crippen LogP contribution in [0.2, 0.25) is 0 Å². The molecule has 0 spiro atoms. The Bertz CT molecular complexity index is 174. The average molecular weight is 230 g/mol. The third-order valence-electron chi connectivity index (χ3n) is 1.77. The van der Waals surface area contributed by atoms with Gasteiger partial charge in [-0.1, -0.05) is 0 Å². The molecule has 2 nitrogen and oxygen atoms in total. The summed E-state index contributed by atoms with van der Waals surface area (Å²) in [4.78, 5) is 0. The van der Waals surface area contributed by atoms with Crippen LogP contribution < -0.4 is 0 Å². The van der Waals surface area contributed by atoms with E-state index in [1.807, 2.05) is 0 Å². The number of hydrogen-bond acceptors (Lipinski definition) is 2. The van der Waals surface area contributed by atoms with Crippen molar-refractivity contribution in [3.63, 3.8) is 0 Å². The van der Waals surface area contributed by atoms with Gasteiger partial charge in [-0.2, -0.15) is 30.7 Å². The van der Waals surface area contributed by atoms with Crippen molar-refractivity contribution in [1.82, 2.24) is 0 Å². The monoisotopic (exact) mass is 230 g/mol. The zero-order chi connectivity index (χ0) is 12.0. The van der Waals surface area contributed by atoms with Crippen molar-refractivity contribution >= 4 is 0 Å². The van der Waals surface area contributed by atoms with Crippen molar-refractivity contribution in [3.8, 4) is 0 Å². The van der Waals surface area contributed by atoms with E-state index in [1.54, 1.807) is 0 Å². The Hall–Kier alpha value is -0.570. The van der Waals surface area contributed by atoms with E-state index in [9.17, 15) is 30.7 Å². The molecular weight excluding hydrogens is 225 g/mol. The molecule has 0 bridgehead atoms. The minimum Gasteiger partial charge on any atom is -0.335 e. The zero-order valence-corrected chi connectivity index (χ0v) is 6.54. The lowest BCUT2D eigenvalue weighted by Crippen LogP contribution is -2.60. The Labute approximate surface area is 72.9 Å². The molecule has 86 valence electrons. The molecule has 0 atom stereocenters. The van der Waals surface area contributed by atoms with E-state index >= 15 is 0 Å². The predicted molar refractivity (Wildman–Crippen MR) is 28.5 cm³/mol. The minimum atomic E-state index is -6.18. The summed E-state index contributed by atoms with van der Waals surface area (Å²) in [5.74, 6) is 0. The lowest BCUT2D eigenvalue weighted by Gasteiger charge is -2.37. The summed E-state index contributed by atoms with van der Waals surface area (Å²) in [5.41, 5.74) is -5.24. The van der Waals surface area contributed by atoms with Crippen molar-refractivity contribution < 1.29 is 40.9 Å². The van der Waals surface area contributed by atoms with Crippen LogP contribution in [0, 0.1) is 5.41 Å². The normalized spacial score (nSPS) is 15.9. The van der Waals surface area contributed by atoms with Gasteiger partial charge in [-0.15, -0.1) is 0 Å². The maximum atomic E-state index is 12.0. The molecular formula is C5H5F7O2. The molecule has 0 fully saturated rings. The van der Waals surface area contributed by atoms with Crippen LogP contribution in [-0.2, 0) is 0 Å². The van der Waals surface area contributed by atoms with Gasteiger partial charge in [-0.05, 0) is 6.92 Å². The average Bonchev–Trinajstić information content (AvgIpc) is 1.77. The van der Waals surface area contributed by atoms with E-state index in [-0.39, 0.29) is 0 Å². The summed E-state index contributed by atoms with van der Waals surface area (Å²) in [6, 6.07) is 0. The van der Waals surface area contributed by atoms with Gasteiger partial charge in [0.1, 0.15) is 0 Å². The highest BCUT2D eigenvalue weighted by atomic mass is 19.4. The van der Waals surface area contributed by atoms with Gasteiger partial charge in [0.15, 0.2) is 0 Å². The largest absolute Gasteiger partial charge is 0.411 e. The summed E-state index contributed by atoms with van der Waals surface area (Å²) in [5, 5.41) is 15.4.